The number of anilines is 1. The maximum Gasteiger partial charge on any atom is 0.128 e. The Bertz CT molecular complexity index is 306. The Morgan fingerprint density at radius 3 is 3.00 bits per heavy atom. The highest BCUT2D eigenvalue weighted by atomic mass is 35.5. The first-order chi connectivity index (χ1) is 6.69. The second-order valence-electron chi connectivity index (χ2n) is 2.92. The molecule has 1 aromatic heterocycles. The third-order valence-electron chi connectivity index (χ3n) is 1.97. The number of nitrogens with two attached hydrogens (primary N) is 1. The lowest BCUT2D eigenvalue weighted by atomic mass is 10.1. The van der Waals surface area contributed by atoms with Crippen molar-refractivity contribution in [2.24, 2.45) is 0 Å². The van der Waals surface area contributed by atoms with Crippen LogP contribution in [0.15, 0.2) is 12.3 Å². The van der Waals surface area contributed by atoms with Crippen molar-refractivity contribution >= 4 is 29.2 Å². The zero-order valence-corrected chi connectivity index (χ0v) is 9.82. The molecule has 0 fully saturated rings. The van der Waals surface area contributed by atoms with Crippen LogP contribution in [0.4, 0.5) is 5.82 Å². The molecule has 0 aromatic carbocycles. The second-order valence-corrected chi connectivity index (χ2v) is 4.27. The Morgan fingerprint density at radius 2 is 2.43 bits per heavy atom. The van der Waals surface area contributed by atoms with Gasteiger partial charge in [-0.25, -0.2) is 4.98 Å². The highest BCUT2D eigenvalue weighted by Gasteiger charge is 2.12. The molecule has 3 N–H and O–H groups in total. The van der Waals surface area contributed by atoms with E-state index in [1.54, 1.807) is 18.0 Å². The van der Waals surface area contributed by atoms with Gasteiger partial charge >= 0.3 is 0 Å². The number of pyridine rings is 1. The summed E-state index contributed by atoms with van der Waals surface area (Å²) in [4.78, 5) is 4.03. The maximum absolute atomic E-state index is 5.87. The summed E-state index contributed by atoms with van der Waals surface area (Å²) in [6.07, 6.45) is 3.62. The standard InChI is InChI=1S/C9H14ClN3S/c1-12-8(5-14-2)7-3-6(10)4-13-9(7)11/h3-4,8,12H,5H2,1-2H3,(H2,11,13). The van der Waals surface area contributed by atoms with Gasteiger partial charge in [-0.05, 0) is 19.4 Å². The molecule has 78 valence electrons. The first kappa shape index (κ1) is 11.6. The molecule has 1 atom stereocenters. The van der Waals surface area contributed by atoms with Crippen molar-refractivity contribution in [1.82, 2.24) is 10.3 Å². The minimum Gasteiger partial charge on any atom is -0.383 e. The third-order valence-corrected chi connectivity index (χ3v) is 2.85. The number of hydrogen-bond donors (Lipinski definition) is 2. The van der Waals surface area contributed by atoms with Crippen LogP contribution < -0.4 is 11.1 Å². The summed E-state index contributed by atoms with van der Waals surface area (Å²) in [5.74, 6) is 1.49. The molecule has 0 amide bonds. The lowest BCUT2D eigenvalue weighted by Gasteiger charge is -2.16. The van der Waals surface area contributed by atoms with Gasteiger partial charge in [0.15, 0.2) is 0 Å². The Labute approximate surface area is 93.4 Å². The van der Waals surface area contributed by atoms with Gasteiger partial charge in [0, 0.05) is 23.6 Å². The van der Waals surface area contributed by atoms with E-state index in [2.05, 4.69) is 16.6 Å². The summed E-state index contributed by atoms with van der Waals surface area (Å²) >= 11 is 7.62. The molecule has 0 aliphatic rings. The van der Waals surface area contributed by atoms with Crippen LogP contribution >= 0.6 is 23.4 Å². The van der Waals surface area contributed by atoms with E-state index >= 15 is 0 Å². The molecule has 14 heavy (non-hydrogen) atoms. The molecule has 5 heteroatoms. The average Bonchev–Trinajstić information content (AvgIpc) is 2.18. The number of rotatable bonds is 4. The molecule has 0 spiro atoms. The fourth-order valence-electron chi connectivity index (χ4n) is 1.24. The number of thioether (sulfide) groups is 1. The monoisotopic (exact) mass is 231 g/mol. The van der Waals surface area contributed by atoms with Crippen molar-refractivity contribution in [3.63, 3.8) is 0 Å². The van der Waals surface area contributed by atoms with Gasteiger partial charge in [0.1, 0.15) is 5.82 Å². The fourth-order valence-corrected chi connectivity index (χ4v) is 2.09. The Kier molecular flexibility index (Phi) is 4.51. The normalized spacial score (nSPS) is 12.8. The first-order valence-corrected chi connectivity index (χ1v) is 6.03. The van der Waals surface area contributed by atoms with Crippen LogP contribution in [-0.4, -0.2) is 24.0 Å². The predicted octanol–water partition coefficient (Wildman–Crippen LogP) is 1.94. The topological polar surface area (TPSA) is 50.9 Å². The summed E-state index contributed by atoms with van der Waals surface area (Å²) in [7, 11) is 1.90. The van der Waals surface area contributed by atoms with Crippen molar-refractivity contribution in [1.29, 1.82) is 0 Å². The van der Waals surface area contributed by atoms with E-state index in [4.69, 9.17) is 17.3 Å². The van der Waals surface area contributed by atoms with Gasteiger partial charge in [-0.2, -0.15) is 11.8 Å². The van der Waals surface area contributed by atoms with Crippen LogP contribution in [0, 0.1) is 0 Å². The number of aromatic nitrogens is 1. The fraction of sp³-hybridized carbons (Fsp3) is 0.444. The van der Waals surface area contributed by atoms with Crippen LogP contribution in [0.25, 0.3) is 0 Å². The van der Waals surface area contributed by atoms with Crippen LogP contribution in [0.1, 0.15) is 11.6 Å². The molecule has 0 saturated heterocycles. The van der Waals surface area contributed by atoms with Crippen molar-refractivity contribution in [2.45, 2.75) is 6.04 Å². The molecule has 1 heterocycles. The zero-order chi connectivity index (χ0) is 10.6. The van der Waals surface area contributed by atoms with Crippen molar-refractivity contribution in [2.75, 3.05) is 24.8 Å². The molecule has 0 radical (unpaired) electrons. The second kappa shape index (κ2) is 5.44. The van der Waals surface area contributed by atoms with Gasteiger partial charge < -0.3 is 11.1 Å². The van der Waals surface area contributed by atoms with E-state index < -0.39 is 0 Å². The number of nitrogens with one attached hydrogen (secondary N) is 1. The molecule has 0 aliphatic carbocycles. The molecule has 3 nitrogen and oxygen atoms in total. The molecule has 0 aliphatic heterocycles. The molecule has 0 bridgehead atoms. The van der Waals surface area contributed by atoms with Gasteiger partial charge in [0.25, 0.3) is 0 Å². The van der Waals surface area contributed by atoms with Crippen LogP contribution in [0.2, 0.25) is 5.02 Å². The molecule has 1 unspecified atom stereocenters. The van der Waals surface area contributed by atoms with E-state index in [0.717, 1.165) is 11.3 Å². The lowest BCUT2D eigenvalue weighted by Crippen LogP contribution is -2.20. The predicted molar refractivity (Wildman–Crippen MR) is 63.8 cm³/mol. The average molecular weight is 232 g/mol. The summed E-state index contributed by atoms with van der Waals surface area (Å²) in [6.45, 7) is 0. The largest absolute Gasteiger partial charge is 0.383 e. The maximum atomic E-state index is 5.87. The van der Waals surface area contributed by atoms with Gasteiger partial charge in [-0.15, -0.1) is 0 Å². The number of nitrogen functional groups attached to an aromatic ring is 1. The highest BCUT2D eigenvalue weighted by Crippen LogP contribution is 2.23. The summed E-state index contributed by atoms with van der Waals surface area (Å²) < 4.78 is 0. The van der Waals surface area contributed by atoms with Gasteiger partial charge in [-0.1, -0.05) is 11.6 Å². The van der Waals surface area contributed by atoms with Crippen molar-refractivity contribution in [3.05, 3.63) is 22.8 Å². The molecule has 1 aromatic rings. The Hall–Kier alpha value is -0.450. The lowest BCUT2D eigenvalue weighted by molar-refractivity contribution is 0.662. The van der Waals surface area contributed by atoms with E-state index in [0.29, 0.717) is 10.8 Å². The van der Waals surface area contributed by atoms with Crippen molar-refractivity contribution in [3.8, 4) is 0 Å². The SMILES string of the molecule is CNC(CSC)c1cc(Cl)cnc1N. The van der Waals surface area contributed by atoms with E-state index in [1.165, 1.54) is 0 Å². The minimum absolute atomic E-state index is 0.205. The van der Waals surface area contributed by atoms with Gasteiger partial charge in [0.2, 0.25) is 0 Å². The number of hydrogen-bond acceptors (Lipinski definition) is 4. The zero-order valence-electron chi connectivity index (χ0n) is 8.25. The summed E-state index contributed by atoms with van der Waals surface area (Å²) in [5.41, 5.74) is 6.74. The number of halogens is 1. The van der Waals surface area contributed by atoms with E-state index in [-0.39, 0.29) is 6.04 Å². The van der Waals surface area contributed by atoms with Crippen molar-refractivity contribution < 1.29 is 0 Å². The van der Waals surface area contributed by atoms with Crippen LogP contribution in [0.3, 0.4) is 0 Å². The third kappa shape index (κ3) is 2.77. The van der Waals surface area contributed by atoms with E-state index in [9.17, 15) is 0 Å². The van der Waals surface area contributed by atoms with Gasteiger partial charge in [-0.3, -0.25) is 0 Å². The molecule has 0 saturated carbocycles. The molecular weight excluding hydrogens is 218 g/mol. The van der Waals surface area contributed by atoms with Crippen LogP contribution in [0.5, 0.6) is 0 Å². The Morgan fingerprint density at radius 1 is 1.71 bits per heavy atom. The quantitative estimate of drug-likeness (QED) is 0.832. The highest BCUT2D eigenvalue weighted by molar-refractivity contribution is 7.98. The number of nitrogens with zero attached hydrogens (tertiary/aromatic N) is 1. The molecular formula is C9H14ClN3S. The minimum atomic E-state index is 0.205. The first-order valence-electron chi connectivity index (χ1n) is 4.26. The molecule has 1 rings (SSSR count). The Balaban J connectivity index is 2.96. The van der Waals surface area contributed by atoms with Gasteiger partial charge in [0.05, 0.1) is 5.02 Å². The summed E-state index contributed by atoms with van der Waals surface area (Å²) in [5, 5.41) is 3.81. The smallest absolute Gasteiger partial charge is 0.128 e. The summed E-state index contributed by atoms with van der Waals surface area (Å²) in [6, 6.07) is 2.07. The van der Waals surface area contributed by atoms with Crippen LogP contribution in [-0.2, 0) is 0 Å². The van der Waals surface area contributed by atoms with E-state index in [1.807, 2.05) is 13.1 Å².